The first-order chi connectivity index (χ1) is 6.80. The molecule has 1 saturated heterocycles. The van der Waals surface area contributed by atoms with E-state index in [9.17, 15) is 21.6 Å². The molecule has 0 saturated carbocycles. The molecule has 0 aliphatic carbocycles. The zero-order valence-corrected chi connectivity index (χ0v) is 8.51. The van der Waals surface area contributed by atoms with E-state index in [4.69, 9.17) is 4.65 Å². The highest BCUT2D eigenvalue weighted by Gasteiger charge is 2.54. The largest absolute Gasteiger partial charge is 0.510 e. The molecule has 0 amide bonds. The van der Waals surface area contributed by atoms with Crippen LogP contribution in [0.5, 0.6) is 0 Å². The lowest BCUT2D eigenvalue weighted by atomic mass is 9.80. The number of sulfonamides is 1. The van der Waals surface area contributed by atoms with Gasteiger partial charge in [-0.2, -0.15) is 13.2 Å². The molecule has 0 aromatic rings. The van der Waals surface area contributed by atoms with E-state index in [-0.39, 0.29) is 19.5 Å². The Bertz CT molecular complexity index is 342. The van der Waals surface area contributed by atoms with Crippen molar-refractivity contribution >= 4 is 17.1 Å². The monoisotopic (exact) mass is 243 g/mol. The summed E-state index contributed by atoms with van der Waals surface area (Å²) >= 11 is 0. The maximum absolute atomic E-state index is 12.2. The highest BCUT2D eigenvalue weighted by Crippen LogP contribution is 2.29. The summed E-state index contributed by atoms with van der Waals surface area (Å²) in [5.41, 5.74) is -5.28. The van der Waals surface area contributed by atoms with E-state index in [1.165, 1.54) is 6.08 Å². The Hall–Kier alpha value is -0.535. The molecule has 0 radical (unpaired) electrons. The van der Waals surface area contributed by atoms with Crippen molar-refractivity contribution in [2.45, 2.75) is 11.8 Å². The Morgan fingerprint density at radius 1 is 1.53 bits per heavy atom. The Kier molecular flexibility index (Phi) is 3.46. The molecule has 9 heteroatoms. The van der Waals surface area contributed by atoms with Crippen LogP contribution >= 0.6 is 0 Å². The van der Waals surface area contributed by atoms with Crippen LogP contribution < -0.4 is 0 Å². The predicted molar refractivity (Wildman–Crippen MR) is 48.4 cm³/mol. The Labute approximate surface area is 85.9 Å². The Balaban J connectivity index is 2.92. The summed E-state index contributed by atoms with van der Waals surface area (Å²) in [6, 6.07) is 0. The fraction of sp³-hybridized carbons (Fsp3) is 0.667. The van der Waals surface area contributed by atoms with Gasteiger partial charge in [0.2, 0.25) is 0 Å². The highest BCUT2D eigenvalue weighted by molar-refractivity contribution is 7.91. The first-order valence-corrected chi connectivity index (χ1v) is 5.55. The number of hydrogen-bond donors (Lipinski definition) is 0. The van der Waals surface area contributed by atoms with Crippen molar-refractivity contribution in [1.82, 2.24) is 4.22 Å². The standard InChI is InChI=1S/C6H9BF3NO3S/c1-2-3-7-11(4-5-14-7)15(12,13)6(8,9)10/h2H,1,3-5H2. The quantitative estimate of drug-likeness (QED) is 0.545. The average Bonchev–Trinajstić information content (AvgIpc) is 2.51. The van der Waals surface area contributed by atoms with E-state index >= 15 is 0 Å². The lowest BCUT2D eigenvalue weighted by Gasteiger charge is -2.19. The van der Waals surface area contributed by atoms with E-state index in [1.807, 2.05) is 0 Å². The number of rotatable bonds is 3. The maximum atomic E-state index is 12.2. The molecule has 0 unspecified atom stereocenters. The molecule has 1 aliphatic rings. The summed E-state index contributed by atoms with van der Waals surface area (Å²) in [6.07, 6.45) is 1.35. The van der Waals surface area contributed by atoms with Crippen LogP contribution in [0.2, 0.25) is 6.32 Å². The van der Waals surface area contributed by atoms with Gasteiger partial charge >= 0.3 is 22.6 Å². The van der Waals surface area contributed by atoms with E-state index in [1.54, 1.807) is 0 Å². The van der Waals surface area contributed by atoms with E-state index in [2.05, 4.69) is 6.58 Å². The topological polar surface area (TPSA) is 46.6 Å². The first kappa shape index (κ1) is 12.5. The Morgan fingerprint density at radius 2 is 2.13 bits per heavy atom. The minimum atomic E-state index is -5.29. The highest BCUT2D eigenvalue weighted by atomic mass is 32.2. The zero-order valence-electron chi connectivity index (χ0n) is 7.70. The van der Waals surface area contributed by atoms with Gasteiger partial charge in [0.1, 0.15) is 0 Å². The summed E-state index contributed by atoms with van der Waals surface area (Å²) in [5.74, 6) is 0. The normalized spacial score (nSPS) is 19.5. The molecule has 4 nitrogen and oxygen atoms in total. The molecular weight excluding hydrogens is 234 g/mol. The van der Waals surface area contributed by atoms with Gasteiger partial charge in [-0.1, -0.05) is 6.08 Å². The molecule has 0 bridgehead atoms. The van der Waals surface area contributed by atoms with Gasteiger partial charge in [0, 0.05) is 13.2 Å². The van der Waals surface area contributed by atoms with Crippen LogP contribution in [0.3, 0.4) is 0 Å². The van der Waals surface area contributed by atoms with Crippen molar-refractivity contribution in [1.29, 1.82) is 0 Å². The average molecular weight is 243 g/mol. The summed E-state index contributed by atoms with van der Waals surface area (Å²) in [4.78, 5) is 0. The molecule has 0 N–H and O–H groups in total. The smallest absolute Gasteiger partial charge is 0.419 e. The van der Waals surface area contributed by atoms with Gasteiger partial charge in [0.25, 0.3) is 0 Å². The van der Waals surface area contributed by atoms with E-state index in [0.29, 0.717) is 4.22 Å². The van der Waals surface area contributed by atoms with Gasteiger partial charge in [0.05, 0.1) is 0 Å². The van der Waals surface area contributed by atoms with E-state index < -0.39 is 22.6 Å². The van der Waals surface area contributed by atoms with Crippen molar-refractivity contribution in [3.8, 4) is 0 Å². The molecule has 0 aromatic carbocycles. The number of allylic oxidation sites excluding steroid dienone is 1. The van der Waals surface area contributed by atoms with Crippen LogP contribution in [0.4, 0.5) is 13.2 Å². The van der Waals surface area contributed by atoms with Gasteiger partial charge in [-0.15, -0.1) is 6.58 Å². The molecule has 1 rings (SSSR count). The summed E-state index contributed by atoms with van der Waals surface area (Å²) in [7, 11) is -6.38. The van der Waals surface area contributed by atoms with Gasteiger partial charge in [0.15, 0.2) is 0 Å². The van der Waals surface area contributed by atoms with Gasteiger partial charge in [-0.05, 0) is 6.32 Å². The predicted octanol–water partition coefficient (Wildman–Crippen LogP) is 0.842. The Morgan fingerprint density at radius 3 is 2.60 bits per heavy atom. The number of alkyl halides is 3. The summed E-state index contributed by atoms with van der Waals surface area (Å²) in [5, 5.41) is 0. The molecule has 0 aromatic heterocycles. The minimum absolute atomic E-state index is 0.0339. The van der Waals surface area contributed by atoms with Crippen molar-refractivity contribution in [3.63, 3.8) is 0 Å². The third-order valence-corrected chi connectivity index (χ3v) is 3.53. The van der Waals surface area contributed by atoms with Crippen molar-refractivity contribution in [2.24, 2.45) is 0 Å². The van der Waals surface area contributed by atoms with Crippen molar-refractivity contribution in [2.75, 3.05) is 13.2 Å². The van der Waals surface area contributed by atoms with Crippen molar-refractivity contribution < 1.29 is 26.2 Å². The van der Waals surface area contributed by atoms with Gasteiger partial charge < -0.3 is 4.65 Å². The van der Waals surface area contributed by atoms with Crippen LogP contribution in [-0.2, 0) is 14.7 Å². The summed E-state index contributed by atoms with van der Waals surface area (Å²) < 4.78 is 63.8. The zero-order chi connectivity index (χ0) is 11.7. The second kappa shape index (κ2) is 4.15. The van der Waals surface area contributed by atoms with Crippen LogP contribution in [-0.4, -0.2) is 38.3 Å². The van der Waals surface area contributed by atoms with E-state index in [0.717, 1.165) is 0 Å². The lowest BCUT2D eigenvalue weighted by molar-refractivity contribution is -0.0469. The lowest BCUT2D eigenvalue weighted by Crippen LogP contribution is -2.46. The van der Waals surface area contributed by atoms with Crippen molar-refractivity contribution in [3.05, 3.63) is 12.7 Å². The second-order valence-corrected chi connectivity index (χ2v) is 4.79. The molecule has 0 spiro atoms. The molecular formula is C6H9BF3NO3S. The first-order valence-electron chi connectivity index (χ1n) is 4.11. The fourth-order valence-electron chi connectivity index (χ4n) is 1.24. The van der Waals surface area contributed by atoms with Crippen LogP contribution in [0.25, 0.3) is 0 Å². The molecule has 86 valence electrons. The third kappa shape index (κ3) is 2.35. The minimum Gasteiger partial charge on any atom is -0.419 e. The fourth-order valence-corrected chi connectivity index (χ4v) is 2.28. The number of hydrogen-bond acceptors (Lipinski definition) is 3. The van der Waals surface area contributed by atoms with Gasteiger partial charge in [-0.25, -0.2) is 12.6 Å². The number of halogens is 3. The second-order valence-electron chi connectivity index (χ2n) is 2.91. The molecule has 1 fully saturated rings. The third-order valence-electron chi connectivity index (χ3n) is 1.91. The maximum Gasteiger partial charge on any atom is 0.510 e. The van der Waals surface area contributed by atoms with Crippen LogP contribution in [0.15, 0.2) is 12.7 Å². The molecule has 0 atom stereocenters. The summed E-state index contributed by atoms with van der Waals surface area (Å²) in [6.45, 7) is 3.01. The molecule has 1 heterocycles. The SMILES string of the molecule is C=CCB1OCCN1S(=O)(=O)C(F)(F)F. The number of nitrogens with zero attached hydrogens (tertiary/aromatic N) is 1. The molecule has 15 heavy (non-hydrogen) atoms. The van der Waals surface area contributed by atoms with Crippen LogP contribution in [0, 0.1) is 0 Å². The molecule has 1 aliphatic heterocycles. The van der Waals surface area contributed by atoms with Crippen LogP contribution in [0.1, 0.15) is 0 Å². The van der Waals surface area contributed by atoms with Gasteiger partial charge in [-0.3, -0.25) is 0 Å².